The SMILES string of the molecule is Cc1cccc(NC(=O)N(C)[C@H](C)c2ccc([S@](C)=O)cc2)n1. The summed E-state index contributed by atoms with van der Waals surface area (Å²) in [5.41, 5.74) is 1.83. The van der Waals surface area contributed by atoms with Crippen molar-refractivity contribution in [1.82, 2.24) is 9.88 Å². The molecule has 0 aliphatic rings. The number of aromatic nitrogens is 1. The van der Waals surface area contributed by atoms with Gasteiger partial charge in [0.05, 0.1) is 6.04 Å². The second-order valence-corrected chi connectivity index (χ2v) is 6.78. The number of rotatable bonds is 4. The van der Waals surface area contributed by atoms with Gasteiger partial charge in [0.1, 0.15) is 5.82 Å². The van der Waals surface area contributed by atoms with Crippen LogP contribution in [0.3, 0.4) is 0 Å². The summed E-state index contributed by atoms with van der Waals surface area (Å²) in [6.45, 7) is 3.82. The number of carbonyl (C=O) groups is 1. The number of anilines is 1. The molecular weight excluding hydrogens is 310 g/mol. The number of urea groups is 1. The third-order valence-corrected chi connectivity index (χ3v) is 4.66. The number of hydrogen-bond donors (Lipinski definition) is 1. The highest BCUT2D eigenvalue weighted by Gasteiger charge is 2.18. The van der Waals surface area contributed by atoms with Crippen molar-refractivity contribution >= 4 is 22.6 Å². The highest BCUT2D eigenvalue weighted by atomic mass is 32.2. The zero-order valence-electron chi connectivity index (χ0n) is 13.7. The molecule has 0 aliphatic carbocycles. The maximum absolute atomic E-state index is 12.3. The third-order valence-electron chi connectivity index (χ3n) is 3.72. The quantitative estimate of drug-likeness (QED) is 0.934. The van der Waals surface area contributed by atoms with E-state index in [0.29, 0.717) is 5.82 Å². The summed E-state index contributed by atoms with van der Waals surface area (Å²) < 4.78 is 11.4. The Labute approximate surface area is 139 Å². The topological polar surface area (TPSA) is 62.3 Å². The predicted octanol–water partition coefficient (Wildman–Crippen LogP) is 3.35. The number of benzene rings is 1. The lowest BCUT2D eigenvalue weighted by Crippen LogP contribution is -2.33. The van der Waals surface area contributed by atoms with Crippen LogP contribution in [0.25, 0.3) is 0 Å². The number of carbonyl (C=O) groups excluding carboxylic acids is 1. The Morgan fingerprint density at radius 3 is 2.43 bits per heavy atom. The van der Waals surface area contributed by atoms with Crippen molar-refractivity contribution in [3.63, 3.8) is 0 Å². The van der Waals surface area contributed by atoms with Crippen molar-refractivity contribution < 1.29 is 9.00 Å². The van der Waals surface area contributed by atoms with Crippen LogP contribution < -0.4 is 5.32 Å². The molecule has 0 saturated heterocycles. The lowest BCUT2D eigenvalue weighted by molar-refractivity contribution is 0.208. The van der Waals surface area contributed by atoms with E-state index >= 15 is 0 Å². The first kappa shape index (κ1) is 17.1. The Morgan fingerprint density at radius 1 is 1.22 bits per heavy atom. The Kier molecular flexibility index (Phi) is 5.50. The van der Waals surface area contributed by atoms with Gasteiger partial charge in [0.2, 0.25) is 0 Å². The fourth-order valence-electron chi connectivity index (χ4n) is 2.15. The molecule has 0 radical (unpaired) electrons. The van der Waals surface area contributed by atoms with Crippen molar-refractivity contribution in [3.05, 3.63) is 53.7 Å². The van der Waals surface area contributed by atoms with Crippen LogP contribution in [0.2, 0.25) is 0 Å². The average Bonchev–Trinajstić information content (AvgIpc) is 2.53. The molecule has 1 heterocycles. The van der Waals surface area contributed by atoms with Crippen LogP contribution in [-0.2, 0) is 10.8 Å². The zero-order valence-corrected chi connectivity index (χ0v) is 14.6. The molecule has 0 spiro atoms. The van der Waals surface area contributed by atoms with Gasteiger partial charge in [0.25, 0.3) is 0 Å². The van der Waals surface area contributed by atoms with Crippen LogP contribution in [-0.4, -0.2) is 33.4 Å². The summed E-state index contributed by atoms with van der Waals surface area (Å²) >= 11 is 0. The highest BCUT2D eigenvalue weighted by Crippen LogP contribution is 2.21. The molecule has 1 aromatic carbocycles. The summed E-state index contributed by atoms with van der Waals surface area (Å²) in [6, 6.07) is 12.6. The summed E-state index contributed by atoms with van der Waals surface area (Å²) in [4.78, 5) is 19.0. The van der Waals surface area contributed by atoms with E-state index in [9.17, 15) is 9.00 Å². The molecule has 1 N–H and O–H groups in total. The molecular formula is C17H21N3O2S. The van der Waals surface area contributed by atoms with Gasteiger partial charge in [-0.05, 0) is 43.7 Å². The fraction of sp³-hybridized carbons (Fsp3) is 0.294. The largest absolute Gasteiger partial charge is 0.323 e. The van der Waals surface area contributed by atoms with Gasteiger partial charge in [-0.25, -0.2) is 9.78 Å². The van der Waals surface area contributed by atoms with Gasteiger partial charge in [0, 0.05) is 34.7 Å². The van der Waals surface area contributed by atoms with E-state index in [0.717, 1.165) is 16.2 Å². The van der Waals surface area contributed by atoms with Gasteiger partial charge in [-0.1, -0.05) is 18.2 Å². The molecule has 0 fully saturated rings. The zero-order chi connectivity index (χ0) is 17.0. The van der Waals surface area contributed by atoms with Crippen LogP contribution in [0.5, 0.6) is 0 Å². The highest BCUT2D eigenvalue weighted by molar-refractivity contribution is 7.84. The van der Waals surface area contributed by atoms with Crippen LogP contribution in [0.1, 0.15) is 24.2 Å². The minimum atomic E-state index is -1.000. The predicted molar refractivity (Wildman–Crippen MR) is 92.9 cm³/mol. The summed E-state index contributed by atoms with van der Waals surface area (Å²) in [7, 11) is 0.738. The maximum Gasteiger partial charge on any atom is 0.323 e. The van der Waals surface area contributed by atoms with Gasteiger partial charge in [0.15, 0.2) is 0 Å². The number of hydrogen-bond acceptors (Lipinski definition) is 3. The molecule has 6 heteroatoms. The molecule has 0 unspecified atom stereocenters. The lowest BCUT2D eigenvalue weighted by atomic mass is 10.1. The van der Waals surface area contributed by atoms with Crippen molar-refractivity contribution in [1.29, 1.82) is 0 Å². The molecule has 0 saturated carbocycles. The Balaban J connectivity index is 2.07. The summed E-state index contributed by atoms with van der Waals surface area (Å²) in [5, 5.41) is 2.79. The van der Waals surface area contributed by atoms with Gasteiger partial charge in [-0.2, -0.15) is 0 Å². The average molecular weight is 331 g/mol. The van der Waals surface area contributed by atoms with Gasteiger partial charge < -0.3 is 4.90 Å². The molecule has 0 bridgehead atoms. The second kappa shape index (κ2) is 7.37. The number of nitrogens with one attached hydrogen (secondary N) is 1. The van der Waals surface area contributed by atoms with Gasteiger partial charge in [-0.15, -0.1) is 0 Å². The number of pyridine rings is 1. The van der Waals surface area contributed by atoms with E-state index in [-0.39, 0.29) is 12.1 Å². The molecule has 2 aromatic rings. The molecule has 5 nitrogen and oxygen atoms in total. The van der Waals surface area contributed by atoms with E-state index in [1.807, 2.05) is 50.2 Å². The standard InChI is InChI=1S/C17H21N3O2S/c1-12-6-5-7-16(18-12)19-17(21)20(3)13(2)14-8-10-15(11-9-14)23(4)22/h5-11,13H,1-4H3,(H,18,19,21)/t13-,23+/m1/s1. The first-order valence-electron chi connectivity index (χ1n) is 7.29. The normalized spacial score (nSPS) is 13.2. The van der Waals surface area contributed by atoms with Crippen molar-refractivity contribution in [2.45, 2.75) is 24.8 Å². The van der Waals surface area contributed by atoms with Gasteiger partial charge in [-0.3, -0.25) is 9.53 Å². The number of nitrogens with zero attached hydrogens (tertiary/aromatic N) is 2. The molecule has 122 valence electrons. The molecule has 2 amide bonds. The van der Waals surface area contributed by atoms with Crippen molar-refractivity contribution in [2.75, 3.05) is 18.6 Å². The molecule has 0 aliphatic heterocycles. The molecule has 23 heavy (non-hydrogen) atoms. The van der Waals surface area contributed by atoms with Crippen LogP contribution in [0, 0.1) is 6.92 Å². The van der Waals surface area contributed by atoms with E-state index in [2.05, 4.69) is 10.3 Å². The van der Waals surface area contributed by atoms with Crippen molar-refractivity contribution in [2.24, 2.45) is 0 Å². The molecule has 1 aromatic heterocycles. The molecule has 2 atom stereocenters. The number of amides is 2. The van der Waals surface area contributed by atoms with Crippen molar-refractivity contribution in [3.8, 4) is 0 Å². The minimum absolute atomic E-state index is 0.112. The monoisotopic (exact) mass is 331 g/mol. The Morgan fingerprint density at radius 2 is 1.87 bits per heavy atom. The van der Waals surface area contributed by atoms with Crippen LogP contribution >= 0.6 is 0 Å². The smallest absolute Gasteiger partial charge is 0.321 e. The summed E-state index contributed by atoms with van der Waals surface area (Å²) in [6.07, 6.45) is 1.65. The third kappa shape index (κ3) is 4.39. The van der Waals surface area contributed by atoms with Crippen LogP contribution in [0.4, 0.5) is 10.6 Å². The number of aryl methyl sites for hydroxylation is 1. The Bertz CT molecular complexity index is 716. The lowest BCUT2D eigenvalue weighted by Gasteiger charge is -2.25. The van der Waals surface area contributed by atoms with E-state index in [1.165, 1.54) is 0 Å². The first-order chi connectivity index (χ1) is 10.9. The minimum Gasteiger partial charge on any atom is -0.321 e. The maximum atomic E-state index is 12.3. The Hall–Kier alpha value is -2.21. The van der Waals surface area contributed by atoms with Gasteiger partial charge >= 0.3 is 6.03 Å². The molecule has 2 rings (SSSR count). The van der Waals surface area contributed by atoms with E-state index < -0.39 is 10.8 Å². The second-order valence-electron chi connectivity index (χ2n) is 5.40. The fourth-order valence-corrected chi connectivity index (χ4v) is 2.67. The first-order valence-corrected chi connectivity index (χ1v) is 8.85. The van der Waals surface area contributed by atoms with Crippen LogP contribution in [0.15, 0.2) is 47.4 Å². The van der Waals surface area contributed by atoms with E-state index in [1.54, 1.807) is 24.3 Å². The summed E-state index contributed by atoms with van der Waals surface area (Å²) in [5.74, 6) is 0.533. The van der Waals surface area contributed by atoms with E-state index in [4.69, 9.17) is 0 Å².